The molecule has 2 aliphatic heterocycles. The molecule has 2 fully saturated rings. The van der Waals surface area contributed by atoms with Gasteiger partial charge in [-0.2, -0.15) is 0 Å². The molecule has 0 aliphatic carbocycles. The number of likely N-dealkylation sites (tertiary alicyclic amines) is 1. The molecule has 2 aromatic carbocycles. The third-order valence-electron chi connectivity index (χ3n) is 5.44. The quantitative estimate of drug-likeness (QED) is 0.864. The number of hydrogen-bond donors (Lipinski definition) is 1. The van der Waals surface area contributed by atoms with Crippen molar-refractivity contribution in [3.8, 4) is 0 Å². The lowest BCUT2D eigenvalue weighted by Crippen LogP contribution is -2.28. The zero-order valence-corrected chi connectivity index (χ0v) is 15.7. The van der Waals surface area contributed by atoms with Gasteiger partial charge in [-0.25, -0.2) is 4.39 Å². The third kappa shape index (κ3) is 4.07. The van der Waals surface area contributed by atoms with Gasteiger partial charge in [0.2, 0.25) is 11.8 Å². The molecule has 0 saturated carbocycles. The van der Waals surface area contributed by atoms with Crippen molar-refractivity contribution in [2.45, 2.75) is 25.8 Å². The number of anilines is 2. The molecule has 5 nitrogen and oxygen atoms in total. The van der Waals surface area contributed by atoms with Crippen LogP contribution in [0.5, 0.6) is 0 Å². The van der Waals surface area contributed by atoms with Crippen molar-refractivity contribution >= 4 is 23.2 Å². The summed E-state index contributed by atoms with van der Waals surface area (Å²) < 4.78 is 14.0. The van der Waals surface area contributed by atoms with Gasteiger partial charge in [-0.3, -0.25) is 14.5 Å². The fourth-order valence-corrected chi connectivity index (χ4v) is 3.98. The van der Waals surface area contributed by atoms with Crippen LogP contribution in [0.4, 0.5) is 15.8 Å². The van der Waals surface area contributed by atoms with Crippen LogP contribution in [0.25, 0.3) is 0 Å². The standard InChI is InChI=1S/C22H24FN3O2/c23-19-8-1-2-9-20(19)26-15-17(13-21(26)27)22(28)24-18-7-5-6-16(12-18)14-25-10-3-4-11-25/h1-2,5-9,12,17H,3-4,10-11,13-15H2,(H,24,28). The molecule has 4 rings (SSSR count). The van der Waals surface area contributed by atoms with Crippen molar-refractivity contribution in [2.24, 2.45) is 5.92 Å². The Bertz CT molecular complexity index is 880. The molecule has 1 atom stereocenters. The van der Waals surface area contributed by atoms with E-state index in [1.54, 1.807) is 18.2 Å². The van der Waals surface area contributed by atoms with E-state index < -0.39 is 11.7 Å². The molecule has 0 spiro atoms. The highest BCUT2D eigenvalue weighted by Gasteiger charge is 2.36. The number of rotatable bonds is 5. The summed E-state index contributed by atoms with van der Waals surface area (Å²) in [5.41, 5.74) is 2.13. The van der Waals surface area contributed by atoms with Crippen molar-refractivity contribution in [3.05, 3.63) is 59.9 Å². The fourth-order valence-electron chi connectivity index (χ4n) is 3.98. The summed E-state index contributed by atoms with van der Waals surface area (Å²) in [6, 6.07) is 14.0. The van der Waals surface area contributed by atoms with E-state index in [0.717, 1.165) is 30.9 Å². The lowest BCUT2D eigenvalue weighted by atomic mass is 10.1. The predicted octanol–water partition coefficient (Wildman–Crippen LogP) is 3.41. The first-order valence-corrected chi connectivity index (χ1v) is 9.77. The Morgan fingerprint density at radius 3 is 2.68 bits per heavy atom. The monoisotopic (exact) mass is 381 g/mol. The third-order valence-corrected chi connectivity index (χ3v) is 5.44. The fraction of sp³-hybridized carbons (Fsp3) is 0.364. The van der Waals surface area contributed by atoms with E-state index in [-0.39, 0.29) is 30.5 Å². The van der Waals surface area contributed by atoms with Gasteiger partial charge in [0.1, 0.15) is 5.82 Å². The normalized spacial score (nSPS) is 20.0. The van der Waals surface area contributed by atoms with Crippen LogP contribution in [0.2, 0.25) is 0 Å². The molecular formula is C22H24FN3O2. The molecule has 2 aliphatic rings. The molecule has 1 N–H and O–H groups in total. The molecule has 0 aromatic heterocycles. The van der Waals surface area contributed by atoms with Gasteiger partial charge in [-0.05, 0) is 55.8 Å². The molecule has 0 bridgehead atoms. The summed E-state index contributed by atoms with van der Waals surface area (Å²) >= 11 is 0. The summed E-state index contributed by atoms with van der Waals surface area (Å²) in [5.74, 6) is -1.38. The largest absolute Gasteiger partial charge is 0.326 e. The van der Waals surface area contributed by atoms with Crippen LogP contribution in [0.3, 0.4) is 0 Å². The maximum absolute atomic E-state index is 14.0. The number of benzene rings is 2. The Morgan fingerprint density at radius 2 is 1.89 bits per heavy atom. The van der Waals surface area contributed by atoms with Crippen molar-refractivity contribution in [2.75, 3.05) is 29.9 Å². The lowest BCUT2D eigenvalue weighted by Gasteiger charge is -2.18. The van der Waals surface area contributed by atoms with E-state index in [0.29, 0.717) is 0 Å². The molecule has 6 heteroatoms. The Morgan fingerprint density at radius 1 is 1.11 bits per heavy atom. The zero-order chi connectivity index (χ0) is 19.5. The highest BCUT2D eigenvalue weighted by Crippen LogP contribution is 2.28. The number of carbonyl (C=O) groups is 2. The first-order valence-electron chi connectivity index (χ1n) is 9.77. The van der Waals surface area contributed by atoms with Crippen molar-refractivity contribution in [1.29, 1.82) is 0 Å². The minimum atomic E-state index is -0.491. The van der Waals surface area contributed by atoms with Gasteiger partial charge in [0.15, 0.2) is 0 Å². The number of hydrogen-bond acceptors (Lipinski definition) is 3. The average Bonchev–Trinajstić information content (AvgIpc) is 3.32. The van der Waals surface area contributed by atoms with Crippen LogP contribution in [0.15, 0.2) is 48.5 Å². The minimum absolute atomic E-state index is 0.0909. The first-order chi connectivity index (χ1) is 13.6. The highest BCUT2D eigenvalue weighted by atomic mass is 19.1. The van der Waals surface area contributed by atoms with Crippen LogP contribution in [0, 0.1) is 11.7 Å². The molecule has 146 valence electrons. The van der Waals surface area contributed by atoms with Crippen molar-refractivity contribution in [1.82, 2.24) is 4.90 Å². The van der Waals surface area contributed by atoms with Crippen LogP contribution in [-0.2, 0) is 16.1 Å². The second-order valence-electron chi connectivity index (χ2n) is 7.53. The van der Waals surface area contributed by atoms with E-state index >= 15 is 0 Å². The Kier molecular flexibility index (Phi) is 5.39. The second-order valence-corrected chi connectivity index (χ2v) is 7.53. The number of para-hydroxylation sites is 1. The van der Waals surface area contributed by atoms with Gasteiger partial charge in [-0.15, -0.1) is 0 Å². The molecule has 2 aromatic rings. The van der Waals surface area contributed by atoms with Gasteiger partial charge in [-0.1, -0.05) is 24.3 Å². The molecule has 2 amide bonds. The summed E-state index contributed by atoms with van der Waals surface area (Å²) in [7, 11) is 0. The smallest absolute Gasteiger partial charge is 0.229 e. The Hall–Kier alpha value is -2.73. The highest BCUT2D eigenvalue weighted by molar-refractivity contribution is 6.03. The van der Waals surface area contributed by atoms with Crippen molar-refractivity contribution in [3.63, 3.8) is 0 Å². The maximum atomic E-state index is 14.0. The van der Waals surface area contributed by atoms with E-state index in [4.69, 9.17) is 0 Å². The van der Waals surface area contributed by atoms with Gasteiger partial charge < -0.3 is 10.2 Å². The van der Waals surface area contributed by atoms with Gasteiger partial charge >= 0.3 is 0 Å². The number of amides is 2. The molecule has 0 radical (unpaired) electrons. The van der Waals surface area contributed by atoms with Gasteiger partial charge in [0.25, 0.3) is 0 Å². The Labute approximate surface area is 164 Å². The lowest BCUT2D eigenvalue weighted by molar-refractivity contribution is -0.122. The van der Waals surface area contributed by atoms with E-state index in [9.17, 15) is 14.0 Å². The van der Waals surface area contributed by atoms with Crippen LogP contribution in [-0.4, -0.2) is 36.3 Å². The van der Waals surface area contributed by atoms with Gasteiger partial charge in [0.05, 0.1) is 11.6 Å². The Balaban J connectivity index is 1.40. The number of nitrogens with one attached hydrogen (secondary N) is 1. The molecular weight excluding hydrogens is 357 g/mol. The predicted molar refractivity (Wildman–Crippen MR) is 106 cm³/mol. The van der Waals surface area contributed by atoms with Crippen LogP contribution in [0.1, 0.15) is 24.8 Å². The maximum Gasteiger partial charge on any atom is 0.229 e. The topological polar surface area (TPSA) is 52.7 Å². The SMILES string of the molecule is O=C(Nc1cccc(CN2CCCC2)c1)C1CC(=O)N(c2ccccc2F)C1. The summed E-state index contributed by atoms with van der Waals surface area (Å²) in [6.07, 6.45) is 2.57. The minimum Gasteiger partial charge on any atom is -0.326 e. The van der Waals surface area contributed by atoms with Crippen molar-refractivity contribution < 1.29 is 14.0 Å². The van der Waals surface area contributed by atoms with Gasteiger partial charge in [0, 0.05) is 25.2 Å². The molecule has 28 heavy (non-hydrogen) atoms. The summed E-state index contributed by atoms with van der Waals surface area (Å²) in [6.45, 7) is 3.31. The number of carbonyl (C=O) groups excluding carboxylic acids is 2. The number of nitrogens with zero attached hydrogens (tertiary/aromatic N) is 2. The summed E-state index contributed by atoms with van der Waals surface area (Å²) in [4.78, 5) is 28.8. The molecule has 2 saturated heterocycles. The summed E-state index contributed by atoms with van der Waals surface area (Å²) in [5, 5.41) is 2.93. The second kappa shape index (κ2) is 8.10. The molecule has 1 unspecified atom stereocenters. The molecule has 2 heterocycles. The zero-order valence-electron chi connectivity index (χ0n) is 15.7. The van der Waals surface area contributed by atoms with E-state index in [2.05, 4.69) is 16.3 Å². The van der Waals surface area contributed by atoms with E-state index in [1.165, 1.54) is 23.8 Å². The van der Waals surface area contributed by atoms with Crippen LogP contribution >= 0.6 is 0 Å². The first kappa shape index (κ1) is 18.6. The van der Waals surface area contributed by atoms with Crippen LogP contribution < -0.4 is 10.2 Å². The average molecular weight is 381 g/mol. The number of halogens is 1. The van der Waals surface area contributed by atoms with E-state index in [1.807, 2.05) is 18.2 Å².